The standard InChI is InChI=1S/C16H17ClN2O2/c1-10(2)12-4-6-13(7-5-12)19-11(3)8-15(20)14(18-19)9-16(17)21/h4-8,10H,9H2,1-3H3. The zero-order chi connectivity index (χ0) is 15.6. The summed E-state index contributed by atoms with van der Waals surface area (Å²) in [6, 6.07) is 9.44. The highest BCUT2D eigenvalue weighted by Crippen LogP contribution is 2.17. The maximum absolute atomic E-state index is 11.8. The summed E-state index contributed by atoms with van der Waals surface area (Å²) < 4.78 is 1.65. The van der Waals surface area contributed by atoms with Crippen molar-refractivity contribution in [3.05, 3.63) is 57.5 Å². The van der Waals surface area contributed by atoms with Crippen molar-refractivity contribution < 1.29 is 4.79 Å². The predicted octanol–water partition coefficient (Wildman–Crippen LogP) is 2.97. The van der Waals surface area contributed by atoms with E-state index in [0.717, 1.165) is 5.69 Å². The Balaban J connectivity index is 2.47. The van der Waals surface area contributed by atoms with Crippen LogP contribution in [0.25, 0.3) is 5.69 Å². The predicted molar refractivity (Wildman–Crippen MR) is 83.2 cm³/mol. The first-order chi connectivity index (χ1) is 9.88. The molecule has 4 nitrogen and oxygen atoms in total. The number of nitrogens with zero attached hydrogens (tertiary/aromatic N) is 2. The van der Waals surface area contributed by atoms with Crippen molar-refractivity contribution in [1.82, 2.24) is 9.78 Å². The van der Waals surface area contributed by atoms with Crippen LogP contribution in [0.5, 0.6) is 0 Å². The van der Waals surface area contributed by atoms with E-state index >= 15 is 0 Å². The normalized spacial score (nSPS) is 10.9. The fraction of sp³-hybridized carbons (Fsp3) is 0.312. The van der Waals surface area contributed by atoms with Gasteiger partial charge in [-0.2, -0.15) is 5.10 Å². The Kier molecular flexibility index (Phi) is 4.58. The second kappa shape index (κ2) is 6.22. The van der Waals surface area contributed by atoms with Crippen LogP contribution >= 0.6 is 11.6 Å². The third kappa shape index (κ3) is 3.58. The van der Waals surface area contributed by atoms with Crippen molar-refractivity contribution in [2.24, 2.45) is 0 Å². The molecule has 0 radical (unpaired) electrons. The van der Waals surface area contributed by atoms with Gasteiger partial charge < -0.3 is 0 Å². The van der Waals surface area contributed by atoms with Gasteiger partial charge >= 0.3 is 0 Å². The van der Waals surface area contributed by atoms with E-state index in [4.69, 9.17) is 11.6 Å². The molecule has 110 valence electrons. The van der Waals surface area contributed by atoms with Gasteiger partial charge in [-0.1, -0.05) is 26.0 Å². The molecule has 2 rings (SSSR count). The zero-order valence-electron chi connectivity index (χ0n) is 12.3. The smallest absolute Gasteiger partial charge is 0.227 e. The van der Waals surface area contributed by atoms with E-state index in [9.17, 15) is 9.59 Å². The summed E-state index contributed by atoms with van der Waals surface area (Å²) in [5, 5.41) is 3.66. The summed E-state index contributed by atoms with van der Waals surface area (Å²) in [5.74, 6) is 0.451. The van der Waals surface area contributed by atoms with Crippen molar-refractivity contribution in [3.8, 4) is 5.69 Å². The topological polar surface area (TPSA) is 52.0 Å². The number of hydrogen-bond acceptors (Lipinski definition) is 3. The first-order valence-electron chi connectivity index (χ1n) is 6.77. The van der Waals surface area contributed by atoms with Gasteiger partial charge in [-0.3, -0.25) is 9.59 Å². The molecule has 0 saturated carbocycles. The quantitative estimate of drug-likeness (QED) is 0.816. The Bertz CT molecular complexity index is 718. The largest absolute Gasteiger partial charge is 0.288 e. The summed E-state index contributed by atoms with van der Waals surface area (Å²) in [7, 11) is 0. The van der Waals surface area contributed by atoms with Crippen LogP contribution in [-0.4, -0.2) is 15.0 Å². The van der Waals surface area contributed by atoms with Gasteiger partial charge in [-0.05, 0) is 42.1 Å². The molecule has 0 aliphatic rings. The number of aryl methyl sites for hydroxylation is 1. The van der Waals surface area contributed by atoms with Crippen LogP contribution < -0.4 is 5.43 Å². The molecular formula is C16H17ClN2O2. The second-order valence-electron chi connectivity index (χ2n) is 5.29. The average Bonchev–Trinajstić information content (AvgIpc) is 2.41. The average molecular weight is 305 g/mol. The highest BCUT2D eigenvalue weighted by Gasteiger charge is 2.10. The molecule has 0 spiro atoms. The van der Waals surface area contributed by atoms with Gasteiger partial charge in [-0.25, -0.2) is 4.68 Å². The summed E-state index contributed by atoms with van der Waals surface area (Å²) in [5.41, 5.74) is 2.68. The first kappa shape index (κ1) is 15.4. The first-order valence-corrected chi connectivity index (χ1v) is 7.15. The van der Waals surface area contributed by atoms with E-state index in [-0.39, 0.29) is 17.5 Å². The Morgan fingerprint density at radius 2 is 1.90 bits per heavy atom. The molecule has 2 aromatic rings. The second-order valence-corrected chi connectivity index (χ2v) is 5.71. The summed E-state index contributed by atoms with van der Waals surface area (Å²) in [6.07, 6.45) is -0.162. The number of benzene rings is 1. The van der Waals surface area contributed by atoms with E-state index in [1.165, 1.54) is 11.6 Å². The lowest BCUT2D eigenvalue weighted by atomic mass is 10.0. The lowest BCUT2D eigenvalue weighted by Gasteiger charge is -2.12. The highest BCUT2D eigenvalue weighted by molar-refractivity contribution is 6.63. The van der Waals surface area contributed by atoms with Gasteiger partial charge in [0, 0.05) is 11.8 Å². The van der Waals surface area contributed by atoms with Gasteiger partial charge in [0.05, 0.1) is 12.1 Å². The van der Waals surface area contributed by atoms with Crippen LogP contribution in [-0.2, 0) is 11.2 Å². The number of halogens is 1. The summed E-state index contributed by atoms with van der Waals surface area (Å²) >= 11 is 5.35. The van der Waals surface area contributed by atoms with Crippen molar-refractivity contribution >= 4 is 16.8 Å². The van der Waals surface area contributed by atoms with E-state index in [2.05, 4.69) is 18.9 Å². The molecule has 0 aliphatic carbocycles. The molecule has 5 heteroatoms. The molecule has 0 N–H and O–H groups in total. The Labute approximate surface area is 128 Å². The maximum atomic E-state index is 11.8. The van der Waals surface area contributed by atoms with Gasteiger partial charge in [-0.15, -0.1) is 0 Å². The van der Waals surface area contributed by atoms with E-state index in [1.807, 2.05) is 24.3 Å². The number of carbonyl (C=O) groups is 1. The molecule has 21 heavy (non-hydrogen) atoms. The molecule has 0 saturated heterocycles. The lowest BCUT2D eigenvalue weighted by molar-refractivity contribution is -0.111. The van der Waals surface area contributed by atoms with Crippen LogP contribution in [0, 0.1) is 6.92 Å². The molecule has 0 aliphatic heterocycles. The monoisotopic (exact) mass is 304 g/mol. The van der Waals surface area contributed by atoms with Crippen LogP contribution in [0.2, 0.25) is 0 Å². The van der Waals surface area contributed by atoms with Crippen LogP contribution in [0.4, 0.5) is 0 Å². The molecule has 0 fully saturated rings. The van der Waals surface area contributed by atoms with E-state index in [1.54, 1.807) is 11.6 Å². The fourth-order valence-corrected chi connectivity index (χ4v) is 2.23. The maximum Gasteiger partial charge on any atom is 0.227 e. The third-order valence-electron chi connectivity index (χ3n) is 3.29. The number of carbonyl (C=O) groups excluding carboxylic acids is 1. The number of rotatable bonds is 4. The Morgan fingerprint density at radius 3 is 2.43 bits per heavy atom. The molecule has 0 atom stereocenters. The van der Waals surface area contributed by atoms with Crippen LogP contribution in [0.3, 0.4) is 0 Å². The Hall–Kier alpha value is -1.94. The van der Waals surface area contributed by atoms with Gasteiger partial charge in [0.15, 0.2) is 0 Å². The van der Waals surface area contributed by atoms with Gasteiger partial charge in [0.1, 0.15) is 5.69 Å². The number of aromatic nitrogens is 2. The van der Waals surface area contributed by atoms with Crippen molar-refractivity contribution in [2.45, 2.75) is 33.1 Å². The minimum absolute atomic E-state index is 0.161. The SMILES string of the molecule is Cc1cc(=O)c(CC(=O)Cl)nn1-c1ccc(C(C)C)cc1. The van der Waals surface area contributed by atoms with Crippen molar-refractivity contribution in [3.63, 3.8) is 0 Å². The fourth-order valence-electron chi connectivity index (χ4n) is 2.10. The molecule has 1 aromatic carbocycles. The Morgan fingerprint density at radius 1 is 1.29 bits per heavy atom. The van der Waals surface area contributed by atoms with Gasteiger partial charge in [0.25, 0.3) is 0 Å². The minimum Gasteiger partial charge on any atom is -0.288 e. The zero-order valence-corrected chi connectivity index (χ0v) is 13.0. The third-order valence-corrected chi connectivity index (χ3v) is 3.42. The van der Waals surface area contributed by atoms with Crippen LogP contribution in [0.1, 0.15) is 36.7 Å². The molecule has 0 amide bonds. The van der Waals surface area contributed by atoms with Crippen molar-refractivity contribution in [2.75, 3.05) is 0 Å². The van der Waals surface area contributed by atoms with Crippen LogP contribution in [0.15, 0.2) is 35.1 Å². The van der Waals surface area contributed by atoms with E-state index in [0.29, 0.717) is 11.6 Å². The van der Waals surface area contributed by atoms with E-state index < -0.39 is 5.24 Å². The highest BCUT2D eigenvalue weighted by atomic mass is 35.5. The molecular weight excluding hydrogens is 288 g/mol. The summed E-state index contributed by atoms with van der Waals surface area (Å²) in [4.78, 5) is 22.8. The lowest BCUT2D eigenvalue weighted by Crippen LogP contribution is -2.20. The van der Waals surface area contributed by atoms with Crippen molar-refractivity contribution in [1.29, 1.82) is 0 Å². The molecule has 0 unspecified atom stereocenters. The minimum atomic E-state index is -0.592. The molecule has 0 bridgehead atoms. The summed E-state index contributed by atoms with van der Waals surface area (Å²) in [6.45, 7) is 6.06. The van der Waals surface area contributed by atoms with Gasteiger partial charge in [0.2, 0.25) is 10.7 Å². The molecule has 1 heterocycles. The molecule has 1 aromatic heterocycles. The number of hydrogen-bond donors (Lipinski definition) is 0.